The van der Waals surface area contributed by atoms with E-state index in [-0.39, 0.29) is 12.4 Å². The van der Waals surface area contributed by atoms with Crippen LogP contribution in [0.5, 0.6) is 0 Å². The van der Waals surface area contributed by atoms with E-state index in [0.717, 1.165) is 32.4 Å². The maximum Gasteiger partial charge on any atom is 0.302 e. The van der Waals surface area contributed by atoms with Crippen LogP contribution in [0.4, 0.5) is 0 Å². The first-order valence-corrected chi connectivity index (χ1v) is 8.52. The fourth-order valence-electron chi connectivity index (χ4n) is 2.39. The first-order chi connectivity index (χ1) is 9.78. The van der Waals surface area contributed by atoms with Gasteiger partial charge in [-0.3, -0.25) is 5.43 Å². The van der Waals surface area contributed by atoms with Crippen molar-refractivity contribution in [3.8, 4) is 0 Å². The van der Waals surface area contributed by atoms with E-state index < -0.39 is 0 Å². The van der Waals surface area contributed by atoms with Gasteiger partial charge in [-0.2, -0.15) is 0 Å². The van der Waals surface area contributed by atoms with E-state index in [9.17, 15) is 0 Å². The number of hydrogen-bond donors (Lipinski definition) is 1. The Labute approximate surface area is 136 Å². The number of nitrogens with zero attached hydrogens (tertiary/aromatic N) is 3. The molecule has 0 atom stereocenters. The molecule has 0 aliphatic rings. The molecule has 0 unspecified atom stereocenters. The van der Waals surface area contributed by atoms with Crippen molar-refractivity contribution in [2.75, 3.05) is 12.0 Å². The van der Waals surface area contributed by atoms with Crippen LogP contribution in [-0.2, 0) is 19.4 Å². The Morgan fingerprint density at radius 3 is 2.19 bits per heavy atom. The van der Waals surface area contributed by atoms with Crippen LogP contribution in [0.25, 0.3) is 0 Å². The number of rotatable bonds is 11. The first kappa shape index (κ1) is 20.2. The maximum absolute atomic E-state index is 4.85. The topological polar surface area (TPSA) is 33.7 Å². The van der Waals surface area contributed by atoms with Crippen LogP contribution in [0, 0.1) is 0 Å². The third kappa shape index (κ3) is 6.25. The fourth-order valence-corrected chi connectivity index (χ4v) is 2.39. The first-order valence-electron chi connectivity index (χ1n) is 8.52. The van der Waals surface area contributed by atoms with Crippen LogP contribution in [-0.4, -0.2) is 16.3 Å². The second-order valence-electron chi connectivity index (χ2n) is 5.51. The largest absolute Gasteiger partial charge is 1.00 e. The van der Waals surface area contributed by atoms with Gasteiger partial charge in [0.25, 0.3) is 5.82 Å². The van der Waals surface area contributed by atoms with Crippen molar-refractivity contribution in [2.45, 2.75) is 85.6 Å². The molecule has 0 aromatic carbocycles. The Morgan fingerprint density at radius 2 is 1.62 bits per heavy atom. The van der Waals surface area contributed by atoms with E-state index in [1.54, 1.807) is 0 Å². The van der Waals surface area contributed by atoms with E-state index in [4.69, 9.17) is 5.10 Å². The summed E-state index contributed by atoms with van der Waals surface area (Å²) in [5.74, 6) is 2.55. The van der Waals surface area contributed by atoms with Crippen LogP contribution in [0.2, 0.25) is 0 Å². The van der Waals surface area contributed by atoms with Crippen molar-refractivity contribution < 1.29 is 17.1 Å². The zero-order chi connectivity index (χ0) is 14.8. The van der Waals surface area contributed by atoms with Crippen LogP contribution in [0.15, 0.2) is 0 Å². The highest BCUT2D eigenvalue weighted by Crippen LogP contribution is 2.05. The van der Waals surface area contributed by atoms with Gasteiger partial charge in [0.2, 0.25) is 0 Å². The molecule has 1 aromatic rings. The van der Waals surface area contributed by atoms with Gasteiger partial charge in [0, 0.05) is 6.42 Å². The molecule has 1 aromatic heterocycles. The van der Waals surface area contributed by atoms with Crippen molar-refractivity contribution in [3.05, 3.63) is 11.6 Å². The number of unbranched alkanes of at least 4 members (excludes halogenated alkanes) is 2. The number of nitrogens with one attached hydrogen (secondary N) is 1. The molecule has 0 saturated carbocycles. The molecule has 0 aliphatic heterocycles. The van der Waals surface area contributed by atoms with Crippen LogP contribution >= 0.6 is 0 Å². The second kappa shape index (κ2) is 11.8. The molecule has 4 nitrogen and oxygen atoms in total. The molecule has 5 heteroatoms. The second-order valence-corrected chi connectivity index (χ2v) is 5.51. The smallest absolute Gasteiger partial charge is 0.302 e. The van der Waals surface area contributed by atoms with Gasteiger partial charge < -0.3 is 12.4 Å². The Balaban J connectivity index is 0.00000400. The lowest BCUT2D eigenvalue weighted by atomic mass is 10.3. The van der Waals surface area contributed by atoms with E-state index in [1.807, 2.05) is 0 Å². The zero-order valence-electron chi connectivity index (χ0n) is 14.3. The predicted molar refractivity (Wildman–Crippen MR) is 84.5 cm³/mol. The molecule has 1 heterocycles. The van der Waals surface area contributed by atoms with Gasteiger partial charge in [-0.15, -0.1) is 9.36 Å². The minimum absolute atomic E-state index is 0. The average molecular weight is 317 g/mol. The average Bonchev–Trinajstić information content (AvgIpc) is 2.76. The summed E-state index contributed by atoms with van der Waals surface area (Å²) < 4.78 is 4.51. The van der Waals surface area contributed by atoms with E-state index in [1.165, 1.54) is 43.8 Å². The van der Waals surface area contributed by atoms with E-state index >= 15 is 0 Å². The maximum atomic E-state index is 4.85. The highest BCUT2D eigenvalue weighted by Gasteiger charge is 2.24. The third-order valence-electron chi connectivity index (χ3n) is 3.52. The van der Waals surface area contributed by atoms with Crippen molar-refractivity contribution >= 4 is 0 Å². The van der Waals surface area contributed by atoms with Gasteiger partial charge in [-0.25, -0.2) is 0 Å². The van der Waals surface area contributed by atoms with Gasteiger partial charge in [-0.1, -0.05) is 40.5 Å². The van der Waals surface area contributed by atoms with Gasteiger partial charge >= 0.3 is 5.82 Å². The predicted octanol–water partition coefficient (Wildman–Crippen LogP) is 0.223. The Morgan fingerprint density at radius 1 is 0.952 bits per heavy atom. The van der Waals surface area contributed by atoms with Gasteiger partial charge in [-0.05, 0) is 30.8 Å². The van der Waals surface area contributed by atoms with E-state index in [2.05, 4.69) is 42.5 Å². The number of halogens is 1. The van der Waals surface area contributed by atoms with Crippen LogP contribution in [0.1, 0.15) is 77.9 Å². The highest BCUT2D eigenvalue weighted by molar-refractivity contribution is 4.95. The molecule has 0 fully saturated rings. The molecular weight excluding hydrogens is 284 g/mol. The Kier molecular flexibility index (Phi) is 11.4. The molecule has 0 saturated heterocycles. The standard InChI is InChI=1S/C16H33N4.ClH/c1-5-9-13-17-20-15(11-7-3)18-19(14-10-6-2)16(20)12-8-4;/h17H,5-14H2,1-4H3;1H/q+1;/p-1. The molecule has 0 bridgehead atoms. The zero-order valence-corrected chi connectivity index (χ0v) is 15.0. The summed E-state index contributed by atoms with van der Waals surface area (Å²) in [5, 5.41) is 4.85. The van der Waals surface area contributed by atoms with Crippen LogP contribution < -0.4 is 22.5 Å². The molecule has 124 valence electrons. The molecule has 21 heavy (non-hydrogen) atoms. The van der Waals surface area contributed by atoms with Crippen molar-refractivity contribution in [1.29, 1.82) is 0 Å². The van der Waals surface area contributed by atoms with Crippen molar-refractivity contribution in [3.63, 3.8) is 0 Å². The fraction of sp³-hybridized carbons (Fsp3) is 0.875. The summed E-state index contributed by atoms with van der Waals surface area (Å²) in [5.41, 5.74) is 3.58. The lowest BCUT2D eigenvalue weighted by Gasteiger charge is -2.05. The molecule has 0 spiro atoms. The van der Waals surface area contributed by atoms with Crippen molar-refractivity contribution in [1.82, 2.24) is 9.77 Å². The Bertz CT molecular complexity index is 377. The SMILES string of the molecule is CCCCNn1c(CCC)n[n+](CCCC)c1CCC.[Cl-]. The summed E-state index contributed by atoms with van der Waals surface area (Å²) >= 11 is 0. The van der Waals surface area contributed by atoms with Crippen LogP contribution in [0.3, 0.4) is 0 Å². The summed E-state index contributed by atoms with van der Waals surface area (Å²) in [6.45, 7) is 11.0. The van der Waals surface area contributed by atoms with Crippen molar-refractivity contribution in [2.24, 2.45) is 0 Å². The summed E-state index contributed by atoms with van der Waals surface area (Å²) in [4.78, 5) is 0. The van der Waals surface area contributed by atoms with Gasteiger partial charge in [0.15, 0.2) is 0 Å². The summed E-state index contributed by atoms with van der Waals surface area (Å²) in [7, 11) is 0. The number of hydrogen-bond acceptors (Lipinski definition) is 2. The lowest BCUT2D eigenvalue weighted by Crippen LogP contribution is -3.00. The normalized spacial score (nSPS) is 10.5. The molecule has 1 N–H and O–H groups in total. The monoisotopic (exact) mass is 316 g/mol. The summed E-state index contributed by atoms with van der Waals surface area (Å²) in [6.07, 6.45) is 9.32. The molecule has 1 rings (SSSR count). The lowest BCUT2D eigenvalue weighted by molar-refractivity contribution is -0.759. The minimum Gasteiger partial charge on any atom is -1.00 e. The quantitative estimate of drug-likeness (QED) is 0.468. The van der Waals surface area contributed by atoms with Gasteiger partial charge in [0.1, 0.15) is 6.54 Å². The van der Waals surface area contributed by atoms with Gasteiger partial charge in [0.05, 0.1) is 13.0 Å². The Hall–Kier alpha value is -0.770. The number of aromatic nitrogens is 3. The molecule has 0 amide bonds. The highest BCUT2D eigenvalue weighted by atomic mass is 35.5. The van der Waals surface area contributed by atoms with E-state index in [0.29, 0.717) is 0 Å². The molecule has 0 aliphatic carbocycles. The summed E-state index contributed by atoms with van der Waals surface area (Å²) in [6, 6.07) is 0. The minimum atomic E-state index is 0. The molecule has 0 radical (unpaired) electrons. The molecular formula is C16H33ClN4. The third-order valence-corrected chi connectivity index (χ3v) is 3.52. The number of aryl methyl sites for hydroxylation is 2.